The number of carbonyl (C=O) groups excluding carboxylic acids is 1. The Balaban J connectivity index is 2.22. The van der Waals surface area contributed by atoms with Gasteiger partial charge >= 0.3 is 0 Å². The molecule has 0 saturated heterocycles. The van der Waals surface area contributed by atoms with Crippen LogP contribution in [0.25, 0.3) is 0 Å². The lowest BCUT2D eigenvalue weighted by Crippen LogP contribution is -2.14. The molecule has 86 valence electrons. The molecule has 0 unspecified atom stereocenters. The minimum atomic E-state index is -0.274. The van der Waals surface area contributed by atoms with Crippen molar-refractivity contribution in [2.24, 2.45) is 0 Å². The molecule has 1 N–H and O–H groups in total. The summed E-state index contributed by atoms with van der Waals surface area (Å²) in [5.74, 6) is -0.274. The van der Waals surface area contributed by atoms with Crippen LogP contribution in [0.5, 0.6) is 0 Å². The second-order valence-corrected chi connectivity index (χ2v) is 4.27. The first kappa shape index (κ1) is 11.7. The summed E-state index contributed by atoms with van der Waals surface area (Å²) in [6.45, 7) is 1.96. The van der Waals surface area contributed by atoms with Crippen LogP contribution in [0.4, 0.5) is 5.69 Å². The molecule has 0 aliphatic carbocycles. The Labute approximate surface area is 107 Å². The van der Waals surface area contributed by atoms with Crippen molar-refractivity contribution in [3.05, 3.63) is 52.5 Å². The average molecular weight is 292 g/mol. The third-order valence-electron chi connectivity index (χ3n) is 2.24. The van der Waals surface area contributed by atoms with Crippen molar-refractivity contribution < 1.29 is 4.79 Å². The van der Waals surface area contributed by atoms with Crippen molar-refractivity contribution in [3.8, 4) is 0 Å². The molecule has 2 rings (SSSR count). The minimum absolute atomic E-state index is 0.274. The molecule has 0 aliphatic rings. The molecular weight excluding hydrogens is 282 g/mol. The Morgan fingerprint density at radius 3 is 2.88 bits per heavy atom. The fourth-order valence-corrected chi connectivity index (χ4v) is 1.71. The number of nitrogens with one attached hydrogen (secondary N) is 1. The van der Waals surface area contributed by atoms with E-state index in [0.29, 0.717) is 5.69 Å². The van der Waals surface area contributed by atoms with E-state index >= 15 is 0 Å². The molecule has 1 aromatic heterocycles. The average Bonchev–Trinajstić information content (AvgIpc) is 2.36. The molecule has 4 nitrogen and oxygen atoms in total. The summed E-state index contributed by atoms with van der Waals surface area (Å²) in [4.78, 5) is 19.6. The van der Waals surface area contributed by atoms with Crippen LogP contribution in [0.3, 0.4) is 0 Å². The molecule has 0 atom stereocenters. The molecule has 17 heavy (non-hydrogen) atoms. The fourth-order valence-electron chi connectivity index (χ4n) is 1.35. The van der Waals surface area contributed by atoms with Crippen molar-refractivity contribution in [2.45, 2.75) is 6.92 Å². The van der Waals surface area contributed by atoms with Crippen molar-refractivity contribution in [2.75, 3.05) is 5.32 Å². The standard InChI is InChI=1S/C12H10BrN3O/c1-8-3-2-4-9(11(8)13)16-12(17)10-7-14-5-6-15-10/h2-7H,1H3,(H,16,17). The van der Waals surface area contributed by atoms with Gasteiger partial charge in [0.1, 0.15) is 5.69 Å². The van der Waals surface area contributed by atoms with Crippen molar-refractivity contribution in [1.29, 1.82) is 0 Å². The van der Waals surface area contributed by atoms with Gasteiger partial charge in [-0.3, -0.25) is 9.78 Å². The molecule has 1 aromatic carbocycles. The number of halogens is 1. The number of carbonyl (C=O) groups is 1. The number of aryl methyl sites for hydroxylation is 1. The van der Waals surface area contributed by atoms with E-state index in [4.69, 9.17) is 0 Å². The van der Waals surface area contributed by atoms with E-state index in [9.17, 15) is 4.79 Å². The van der Waals surface area contributed by atoms with Gasteiger partial charge in [0.25, 0.3) is 5.91 Å². The molecule has 0 aliphatic heterocycles. The van der Waals surface area contributed by atoms with Gasteiger partial charge in [0.05, 0.1) is 11.9 Å². The third kappa shape index (κ3) is 2.68. The summed E-state index contributed by atoms with van der Waals surface area (Å²) in [5.41, 5.74) is 2.07. The van der Waals surface area contributed by atoms with Gasteiger partial charge in [0, 0.05) is 16.9 Å². The molecule has 1 heterocycles. The lowest BCUT2D eigenvalue weighted by molar-refractivity contribution is 0.102. The van der Waals surface area contributed by atoms with E-state index in [2.05, 4.69) is 31.2 Å². The first-order chi connectivity index (χ1) is 8.18. The molecule has 0 bridgehead atoms. The zero-order valence-corrected chi connectivity index (χ0v) is 10.7. The second kappa shape index (κ2) is 5.05. The quantitative estimate of drug-likeness (QED) is 0.926. The Morgan fingerprint density at radius 1 is 1.35 bits per heavy atom. The number of nitrogens with zero attached hydrogens (tertiary/aromatic N) is 2. The van der Waals surface area contributed by atoms with Crippen LogP contribution < -0.4 is 5.32 Å². The maximum absolute atomic E-state index is 11.8. The molecular formula is C12H10BrN3O. The number of hydrogen-bond donors (Lipinski definition) is 1. The fraction of sp³-hybridized carbons (Fsp3) is 0.0833. The van der Waals surface area contributed by atoms with Crippen LogP contribution in [-0.2, 0) is 0 Å². The predicted molar refractivity (Wildman–Crippen MR) is 68.9 cm³/mol. The highest BCUT2D eigenvalue weighted by molar-refractivity contribution is 9.10. The van der Waals surface area contributed by atoms with Gasteiger partial charge in [-0.15, -0.1) is 0 Å². The van der Waals surface area contributed by atoms with Crippen LogP contribution >= 0.6 is 15.9 Å². The highest BCUT2D eigenvalue weighted by Crippen LogP contribution is 2.25. The molecule has 0 radical (unpaired) electrons. The third-order valence-corrected chi connectivity index (χ3v) is 3.29. The molecule has 1 amide bonds. The van der Waals surface area contributed by atoms with Crippen LogP contribution in [0.15, 0.2) is 41.3 Å². The van der Waals surface area contributed by atoms with Gasteiger partial charge in [0.2, 0.25) is 0 Å². The summed E-state index contributed by atoms with van der Waals surface area (Å²) < 4.78 is 0.872. The monoisotopic (exact) mass is 291 g/mol. The van der Waals surface area contributed by atoms with Gasteiger partial charge in [-0.2, -0.15) is 0 Å². The van der Waals surface area contributed by atoms with Crippen LogP contribution in [0.1, 0.15) is 16.1 Å². The van der Waals surface area contributed by atoms with E-state index in [-0.39, 0.29) is 5.91 Å². The normalized spacial score (nSPS) is 10.0. The van der Waals surface area contributed by atoms with Gasteiger partial charge in [0.15, 0.2) is 0 Å². The SMILES string of the molecule is Cc1cccc(NC(=O)c2cnccn2)c1Br. The molecule has 2 aromatic rings. The first-order valence-electron chi connectivity index (χ1n) is 5.01. The minimum Gasteiger partial charge on any atom is -0.320 e. The number of benzene rings is 1. The largest absolute Gasteiger partial charge is 0.320 e. The Morgan fingerprint density at radius 2 is 2.18 bits per heavy atom. The second-order valence-electron chi connectivity index (χ2n) is 3.48. The van der Waals surface area contributed by atoms with Gasteiger partial charge < -0.3 is 5.32 Å². The molecule has 5 heteroatoms. The zero-order chi connectivity index (χ0) is 12.3. The zero-order valence-electron chi connectivity index (χ0n) is 9.14. The lowest BCUT2D eigenvalue weighted by Gasteiger charge is -2.08. The first-order valence-corrected chi connectivity index (χ1v) is 5.80. The Bertz CT molecular complexity index is 543. The number of rotatable bonds is 2. The maximum Gasteiger partial charge on any atom is 0.275 e. The van der Waals surface area contributed by atoms with Gasteiger partial charge in [-0.25, -0.2) is 4.98 Å². The van der Waals surface area contributed by atoms with E-state index in [1.165, 1.54) is 18.6 Å². The van der Waals surface area contributed by atoms with Crippen LogP contribution in [0, 0.1) is 6.92 Å². The summed E-state index contributed by atoms with van der Waals surface area (Å²) in [6, 6.07) is 5.67. The maximum atomic E-state index is 11.8. The van der Waals surface area contributed by atoms with E-state index in [0.717, 1.165) is 15.7 Å². The van der Waals surface area contributed by atoms with E-state index in [1.807, 2.05) is 25.1 Å². The molecule has 0 spiro atoms. The van der Waals surface area contributed by atoms with Crippen molar-refractivity contribution >= 4 is 27.5 Å². The Kier molecular flexibility index (Phi) is 3.49. The highest BCUT2D eigenvalue weighted by Gasteiger charge is 2.09. The molecule has 0 saturated carbocycles. The summed E-state index contributed by atoms with van der Waals surface area (Å²) in [5, 5.41) is 2.78. The van der Waals surface area contributed by atoms with Crippen molar-refractivity contribution in [1.82, 2.24) is 9.97 Å². The van der Waals surface area contributed by atoms with Crippen LogP contribution in [-0.4, -0.2) is 15.9 Å². The topological polar surface area (TPSA) is 54.9 Å². The summed E-state index contributed by atoms with van der Waals surface area (Å²) >= 11 is 3.43. The summed E-state index contributed by atoms with van der Waals surface area (Å²) in [6.07, 6.45) is 4.44. The smallest absolute Gasteiger partial charge is 0.275 e. The van der Waals surface area contributed by atoms with Gasteiger partial charge in [-0.1, -0.05) is 12.1 Å². The molecule has 0 fully saturated rings. The van der Waals surface area contributed by atoms with E-state index in [1.54, 1.807) is 0 Å². The number of aromatic nitrogens is 2. The number of amides is 1. The van der Waals surface area contributed by atoms with Gasteiger partial charge in [-0.05, 0) is 34.5 Å². The predicted octanol–water partition coefficient (Wildman–Crippen LogP) is 2.80. The number of anilines is 1. The van der Waals surface area contributed by atoms with Crippen LogP contribution in [0.2, 0.25) is 0 Å². The van der Waals surface area contributed by atoms with E-state index < -0.39 is 0 Å². The lowest BCUT2D eigenvalue weighted by atomic mass is 10.2. The highest BCUT2D eigenvalue weighted by atomic mass is 79.9. The Hall–Kier alpha value is -1.75. The van der Waals surface area contributed by atoms with Crippen molar-refractivity contribution in [3.63, 3.8) is 0 Å². The number of hydrogen-bond acceptors (Lipinski definition) is 3. The summed E-state index contributed by atoms with van der Waals surface area (Å²) in [7, 11) is 0.